The molecule has 25 heavy (non-hydrogen) atoms. The Kier molecular flexibility index (Phi) is 4.75. The van der Waals surface area contributed by atoms with E-state index in [1.54, 1.807) is 32.9 Å². The van der Waals surface area contributed by atoms with Crippen molar-refractivity contribution >= 4 is 11.8 Å². The highest BCUT2D eigenvalue weighted by Gasteiger charge is 2.39. The number of allylic oxidation sites excluding steroid dienone is 3. The molecule has 1 aromatic carbocycles. The first kappa shape index (κ1) is 17.4. The summed E-state index contributed by atoms with van der Waals surface area (Å²) in [7, 11) is 0. The number of dihydropyridines is 1. The van der Waals surface area contributed by atoms with Gasteiger partial charge in [-0.05, 0) is 51.3 Å². The minimum absolute atomic E-state index is 0.00496. The van der Waals surface area contributed by atoms with Crippen molar-refractivity contribution in [3.8, 4) is 0 Å². The molecule has 0 spiro atoms. The molecule has 0 fully saturated rings. The van der Waals surface area contributed by atoms with Crippen LogP contribution in [0.25, 0.3) is 0 Å². The Bertz CT molecular complexity index is 792. The van der Waals surface area contributed by atoms with Crippen LogP contribution in [0.3, 0.4) is 0 Å². The number of hydrogen-bond acceptors (Lipinski definition) is 4. The van der Waals surface area contributed by atoms with Gasteiger partial charge in [-0.3, -0.25) is 4.79 Å². The van der Waals surface area contributed by atoms with Crippen LogP contribution in [0.5, 0.6) is 0 Å². The minimum atomic E-state index is -0.592. The highest BCUT2D eigenvalue weighted by atomic mass is 19.1. The molecule has 0 unspecified atom stereocenters. The number of ketones is 1. The molecule has 1 aliphatic carbocycles. The number of esters is 1. The smallest absolute Gasteiger partial charge is 0.337 e. The summed E-state index contributed by atoms with van der Waals surface area (Å²) >= 11 is 0. The molecule has 1 atom stereocenters. The van der Waals surface area contributed by atoms with Crippen LogP contribution in [-0.4, -0.2) is 17.9 Å². The molecule has 0 radical (unpaired) electrons. The fraction of sp³-hybridized carbons (Fsp3) is 0.400. The van der Waals surface area contributed by atoms with E-state index in [-0.39, 0.29) is 11.9 Å². The second-order valence-corrected chi connectivity index (χ2v) is 6.77. The van der Waals surface area contributed by atoms with Gasteiger partial charge in [0.05, 0.1) is 11.7 Å². The average Bonchev–Trinajstić information content (AvgIpc) is 2.53. The van der Waals surface area contributed by atoms with Crippen molar-refractivity contribution in [3.05, 3.63) is 58.2 Å². The third-order valence-electron chi connectivity index (χ3n) is 4.52. The van der Waals surface area contributed by atoms with Crippen molar-refractivity contribution in [2.75, 3.05) is 0 Å². The Morgan fingerprint density at radius 3 is 2.76 bits per heavy atom. The van der Waals surface area contributed by atoms with Crippen molar-refractivity contribution in [2.45, 2.75) is 52.1 Å². The number of ether oxygens (including phenoxy) is 1. The van der Waals surface area contributed by atoms with E-state index in [1.165, 1.54) is 12.1 Å². The Morgan fingerprint density at radius 1 is 1.32 bits per heavy atom. The number of benzene rings is 1. The van der Waals surface area contributed by atoms with Crippen LogP contribution in [0.15, 0.2) is 46.8 Å². The molecule has 0 amide bonds. The number of halogens is 1. The normalized spacial score (nSPS) is 20.5. The molecule has 2 aliphatic rings. The largest absolute Gasteiger partial charge is 0.460 e. The van der Waals surface area contributed by atoms with Crippen LogP contribution in [0.4, 0.5) is 4.39 Å². The summed E-state index contributed by atoms with van der Waals surface area (Å²) in [5, 5.41) is 3.21. The van der Waals surface area contributed by atoms with Gasteiger partial charge in [0.2, 0.25) is 0 Å². The molecule has 4 nitrogen and oxygen atoms in total. The maximum atomic E-state index is 13.8. The Hall–Kier alpha value is -2.43. The molecule has 1 heterocycles. The van der Waals surface area contributed by atoms with E-state index in [0.29, 0.717) is 28.8 Å². The van der Waals surface area contributed by atoms with Crippen molar-refractivity contribution in [2.24, 2.45) is 0 Å². The highest BCUT2D eigenvalue weighted by Crippen LogP contribution is 2.42. The number of nitrogens with one attached hydrogen (secondary N) is 1. The quantitative estimate of drug-likeness (QED) is 0.850. The van der Waals surface area contributed by atoms with E-state index in [9.17, 15) is 14.0 Å². The number of Topliss-reactive ketones (excluding diaryl/α,β-unsaturated/α-hetero) is 1. The predicted molar refractivity (Wildman–Crippen MR) is 92.1 cm³/mol. The van der Waals surface area contributed by atoms with Crippen molar-refractivity contribution in [1.82, 2.24) is 5.32 Å². The molecule has 1 aromatic rings. The monoisotopic (exact) mass is 343 g/mol. The maximum Gasteiger partial charge on any atom is 0.337 e. The average molecular weight is 343 g/mol. The molecule has 1 aliphatic heterocycles. The summed E-state index contributed by atoms with van der Waals surface area (Å²) in [4.78, 5) is 25.3. The van der Waals surface area contributed by atoms with Gasteiger partial charge in [-0.1, -0.05) is 12.1 Å². The number of carbonyl (C=O) groups is 2. The zero-order valence-electron chi connectivity index (χ0n) is 14.7. The SMILES string of the molecule is CC1=C(C(=O)OC(C)C)[C@@H](c2cccc(F)c2)C2=C(CCCC2=O)N1. The van der Waals surface area contributed by atoms with Gasteiger partial charge in [0.1, 0.15) is 5.82 Å². The Morgan fingerprint density at radius 2 is 2.08 bits per heavy atom. The van der Waals surface area contributed by atoms with Gasteiger partial charge in [-0.2, -0.15) is 0 Å². The summed E-state index contributed by atoms with van der Waals surface area (Å²) in [6.45, 7) is 5.35. The van der Waals surface area contributed by atoms with E-state index >= 15 is 0 Å². The Labute approximate surface area is 146 Å². The summed E-state index contributed by atoms with van der Waals surface area (Å²) in [6.07, 6.45) is 1.69. The summed E-state index contributed by atoms with van der Waals surface area (Å²) in [5.41, 5.74) is 3.04. The molecule has 3 rings (SSSR count). The van der Waals surface area contributed by atoms with Crippen LogP contribution < -0.4 is 5.32 Å². The second kappa shape index (κ2) is 6.82. The van der Waals surface area contributed by atoms with E-state index in [0.717, 1.165) is 18.5 Å². The van der Waals surface area contributed by atoms with Crippen molar-refractivity contribution in [1.29, 1.82) is 0 Å². The third-order valence-corrected chi connectivity index (χ3v) is 4.52. The Balaban J connectivity index is 2.15. The van der Waals surface area contributed by atoms with Crippen LogP contribution in [0.2, 0.25) is 0 Å². The maximum absolute atomic E-state index is 13.8. The number of rotatable bonds is 3. The molecule has 0 aromatic heterocycles. The molecule has 0 saturated heterocycles. The molecule has 1 N–H and O–H groups in total. The predicted octanol–water partition coefficient (Wildman–Crippen LogP) is 3.75. The van der Waals surface area contributed by atoms with E-state index in [2.05, 4.69) is 5.32 Å². The molecular formula is C20H22FNO3. The van der Waals surface area contributed by atoms with Crippen LogP contribution in [0.1, 0.15) is 51.5 Å². The summed E-state index contributed by atoms with van der Waals surface area (Å²) < 4.78 is 19.2. The standard InChI is InChI=1S/C20H22FNO3/c1-11(2)25-20(24)17-12(3)22-15-8-5-9-16(23)19(15)18(17)13-6-4-7-14(21)10-13/h4,6-7,10-11,18,22H,5,8-9H2,1-3H3/t18-/m1/s1. The van der Waals surface area contributed by atoms with Gasteiger partial charge in [-0.25, -0.2) is 9.18 Å². The first-order chi connectivity index (χ1) is 11.9. The van der Waals surface area contributed by atoms with Crippen LogP contribution in [-0.2, 0) is 14.3 Å². The topological polar surface area (TPSA) is 55.4 Å². The lowest BCUT2D eigenvalue weighted by Crippen LogP contribution is -2.35. The fourth-order valence-corrected chi connectivity index (χ4v) is 3.55. The van der Waals surface area contributed by atoms with Crippen molar-refractivity contribution < 1.29 is 18.7 Å². The minimum Gasteiger partial charge on any atom is -0.460 e. The lowest BCUT2D eigenvalue weighted by atomic mass is 9.75. The van der Waals surface area contributed by atoms with Gasteiger partial charge < -0.3 is 10.1 Å². The summed E-state index contributed by atoms with van der Waals surface area (Å²) in [6, 6.07) is 6.09. The van der Waals surface area contributed by atoms with Crippen LogP contribution >= 0.6 is 0 Å². The molecule has 132 valence electrons. The van der Waals surface area contributed by atoms with E-state index in [1.807, 2.05) is 0 Å². The number of hydrogen-bond donors (Lipinski definition) is 1. The van der Waals surface area contributed by atoms with Gasteiger partial charge in [0.25, 0.3) is 0 Å². The van der Waals surface area contributed by atoms with Gasteiger partial charge in [0.15, 0.2) is 5.78 Å². The highest BCUT2D eigenvalue weighted by molar-refractivity contribution is 6.03. The van der Waals surface area contributed by atoms with Gasteiger partial charge >= 0.3 is 5.97 Å². The first-order valence-electron chi connectivity index (χ1n) is 8.59. The lowest BCUT2D eigenvalue weighted by Gasteiger charge is -2.34. The third kappa shape index (κ3) is 3.36. The zero-order valence-corrected chi connectivity index (χ0v) is 14.7. The number of carbonyl (C=O) groups excluding carboxylic acids is 2. The first-order valence-corrected chi connectivity index (χ1v) is 8.59. The van der Waals surface area contributed by atoms with Gasteiger partial charge in [-0.15, -0.1) is 0 Å². The molecule has 0 bridgehead atoms. The van der Waals surface area contributed by atoms with Crippen molar-refractivity contribution in [3.63, 3.8) is 0 Å². The van der Waals surface area contributed by atoms with E-state index < -0.39 is 17.7 Å². The molecular weight excluding hydrogens is 321 g/mol. The van der Waals surface area contributed by atoms with Crippen LogP contribution in [0, 0.1) is 5.82 Å². The zero-order chi connectivity index (χ0) is 18.1. The fourth-order valence-electron chi connectivity index (χ4n) is 3.55. The molecule has 0 saturated carbocycles. The van der Waals surface area contributed by atoms with E-state index in [4.69, 9.17) is 4.74 Å². The summed E-state index contributed by atoms with van der Waals surface area (Å²) in [5.74, 6) is -1.45. The molecule has 5 heteroatoms. The lowest BCUT2D eigenvalue weighted by molar-refractivity contribution is -0.143. The van der Waals surface area contributed by atoms with Gasteiger partial charge in [0, 0.05) is 29.3 Å². The second-order valence-electron chi connectivity index (χ2n) is 6.77.